The fourth-order valence-corrected chi connectivity index (χ4v) is 3.62. The molecule has 0 aromatic heterocycles. The molecule has 152 valence electrons. The Balaban J connectivity index is 1.38. The molecule has 0 aliphatic carbocycles. The number of urea groups is 1. The lowest BCUT2D eigenvalue weighted by atomic mass is 10.1. The number of nitrogens with one attached hydrogen (secondary N) is 2. The summed E-state index contributed by atoms with van der Waals surface area (Å²) in [4.78, 5) is 26.9. The van der Waals surface area contributed by atoms with Gasteiger partial charge in [0.2, 0.25) is 0 Å². The van der Waals surface area contributed by atoms with Crippen molar-refractivity contribution in [2.45, 2.75) is 26.4 Å². The van der Waals surface area contributed by atoms with Crippen LogP contribution in [0.15, 0.2) is 72.8 Å². The van der Waals surface area contributed by atoms with E-state index in [4.69, 9.17) is 0 Å². The van der Waals surface area contributed by atoms with Gasteiger partial charge in [0.15, 0.2) is 0 Å². The Bertz CT molecular complexity index is 1050. The van der Waals surface area contributed by atoms with Crippen LogP contribution >= 0.6 is 0 Å². The minimum Gasteiger partial charge on any atom is -0.334 e. The second-order valence-electron chi connectivity index (χ2n) is 7.56. The summed E-state index contributed by atoms with van der Waals surface area (Å²) >= 11 is 0. The third kappa shape index (κ3) is 4.51. The number of carbonyl (C=O) groups excluding carboxylic acids is 2. The number of rotatable bonds is 5. The zero-order chi connectivity index (χ0) is 20.9. The average molecular weight is 399 g/mol. The van der Waals surface area contributed by atoms with Crippen molar-refractivity contribution >= 4 is 17.6 Å². The zero-order valence-corrected chi connectivity index (χ0v) is 17.0. The van der Waals surface area contributed by atoms with Crippen LogP contribution in [0.4, 0.5) is 10.5 Å². The van der Waals surface area contributed by atoms with Gasteiger partial charge in [-0.2, -0.15) is 0 Å². The van der Waals surface area contributed by atoms with Crippen LogP contribution in [0, 0.1) is 6.92 Å². The first-order valence-corrected chi connectivity index (χ1v) is 10.2. The number of hydrogen-bond acceptors (Lipinski definition) is 2. The van der Waals surface area contributed by atoms with E-state index in [1.807, 2.05) is 78.6 Å². The van der Waals surface area contributed by atoms with Gasteiger partial charge in [-0.15, -0.1) is 0 Å². The number of aryl methyl sites for hydroxylation is 1. The first-order chi connectivity index (χ1) is 14.6. The minimum atomic E-state index is -0.216. The maximum absolute atomic E-state index is 13.0. The number of carbonyl (C=O) groups is 2. The van der Waals surface area contributed by atoms with Crippen LogP contribution in [-0.2, 0) is 19.5 Å². The summed E-state index contributed by atoms with van der Waals surface area (Å²) in [5.41, 5.74) is 5.93. The fourth-order valence-electron chi connectivity index (χ4n) is 3.62. The van der Waals surface area contributed by atoms with Crippen LogP contribution in [0.3, 0.4) is 0 Å². The number of nitrogens with zero attached hydrogens (tertiary/aromatic N) is 1. The molecule has 3 aromatic rings. The van der Waals surface area contributed by atoms with E-state index in [1.54, 1.807) is 0 Å². The van der Waals surface area contributed by atoms with Crippen LogP contribution in [0.2, 0.25) is 0 Å². The predicted molar refractivity (Wildman–Crippen MR) is 119 cm³/mol. The molecule has 3 amide bonds. The fraction of sp³-hybridized carbons (Fsp3) is 0.200. The van der Waals surface area contributed by atoms with Crippen LogP contribution in [0.1, 0.15) is 32.6 Å². The molecule has 0 fully saturated rings. The maximum Gasteiger partial charge on any atom is 0.315 e. The van der Waals surface area contributed by atoms with Crippen molar-refractivity contribution < 1.29 is 9.59 Å². The Morgan fingerprint density at radius 3 is 2.30 bits per heavy atom. The second kappa shape index (κ2) is 8.82. The SMILES string of the molecule is Cc1ccc(C(=O)N2CCc3ccc(CNC(=O)NCc4ccccc4)cc32)cc1. The van der Waals surface area contributed by atoms with Gasteiger partial charge in [-0.3, -0.25) is 4.79 Å². The Labute approximate surface area is 176 Å². The summed E-state index contributed by atoms with van der Waals surface area (Å²) in [6, 6.07) is 23.3. The molecule has 1 aliphatic rings. The van der Waals surface area contributed by atoms with Gasteiger partial charge in [-0.25, -0.2) is 4.79 Å². The predicted octanol–water partition coefficient (Wildman–Crippen LogP) is 4.20. The van der Waals surface area contributed by atoms with Gasteiger partial charge in [-0.1, -0.05) is 60.2 Å². The molecular formula is C25H25N3O2. The van der Waals surface area contributed by atoms with Crippen molar-refractivity contribution in [1.29, 1.82) is 0 Å². The molecule has 1 aliphatic heterocycles. The molecule has 5 heteroatoms. The Morgan fingerprint density at radius 1 is 0.867 bits per heavy atom. The first-order valence-electron chi connectivity index (χ1n) is 10.2. The van der Waals surface area contributed by atoms with Crippen LogP contribution < -0.4 is 15.5 Å². The van der Waals surface area contributed by atoms with Gasteiger partial charge in [0, 0.05) is 30.9 Å². The normalized spacial score (nSPS) is 12.4. The zero-order valence-electron chi connectivity index (χ0n) is 17.0. The van der Waals surface area contributed by atoms with E-state index in [-0.39, 0.29) is 11.9 Å². The number of fused-ring (bicyclic) bond motifs is 1. The molecule has 0 spiro atoms. The monoisotopic (exact) mass is 399 g/mol. The van der Waals surface area contributed by atoms with Gasteiger partial charge in [0.1, 0.15) is 0 Å². The van der Waals surface area contributed by atoms with Gasteiger partial charge >= 0.3 is 6.03 Å². The van der Waals surface area contributed by atoms with E-state index in [2.05, 4.69) is 16.7 Å². The first kappa shape index (κ1) is 19.7. The van der Waals surface area contributed by atoms with E-state index in [0.717, 1.165) is 34.4 Å². The number of benzene rings is 3. The van der Waals surface area contributed by atoms with Crippen molar-refractivity contribution in [3.05, 3.63) is 101 Å². The number of hydrogen-bond donors (Lipinski definition) is 2. The van der Waals surface area contributed by atoms with Crippen LogP contribution in [0.5, 0.6) is 0 Å². The lowest BCUT2D eigenvalue weighted by Gasteiger charge is -2.18. The van der Waals surface area contributed by atoms with E-state index in [1.165, 1.54) is 0 Å². The molecule has 30 heavy (non-hydrogen) atoms. The van der Waals surface area contributed by atoms with E-state index >= 15 is 0 Å². The van der Waals surface area contributed by atoms with Gasteiger partial charge < -0.3 is 15.5 Å². The summed E-state index contributed by atoms with van der Waals surface area (Å²) in [5, 5.41) is 5.75. The molecule has 1 heterocycles. The summed E-state index contributed by atoms with van der Waals surface area (Å²) < 4.78 is 0. The van der Waals surface area contributed by atoms with E-state index in [0.29, 0.717) is 25.2 Å². The molecule has 0 saturated carbocycles. The Kier molecular flexibility index (Phi) is 5.80. The third-order valence-electron chi connectivity index (χ3n) is 5.34. The van der Waals surface area contributed by atoms with Crippen molar-refractivity contribution in [3.63, 3.8) is 0 Å². The molecule has 0 unspecified atom stereocenters. The molecule has 0 radical (unpaired) electrons. The topological polar surface area (TPSA) is 61.4 Å². The summed E-state index contributed by atoms with van der Waals surface area (Å²) in [5.74, 6) is 0.0134. The van der Waals surface area contributed by atoms with Crippen LogP contribution in [-0.4, -0.2) is 18.5 Å². The highest BCUT2D eigenvalue weighted by Gasteiger charge is 2.25. The summed E-state index contributed by atoms with van der Waals surface area (Å²) in [6.07, 6.45) is 0.845. The van der Waals surface area contributed by atoms with Crippen molar-refractivity contribution in [2.24, 2.45) is 0 Å². The highest BCUT2D eigenvalue weighted by Crippen LogP contribution is 2.30. The summed E-state index contributed by atoms with van der Waals surface area (Å²) in [6.45, 7) is 3.57. The van der Waals surface area contributed by atoms with E-state index < -0.39 is 0 Å². The molecular weight excluding hydrogens is 374 g/mol. The van der Waals surface area contributed by atoms with Crippen molar-refractivity contribution in [3.8, 4) is 0 Å². The van der Waals surface area contributed by atoms with E-state index in [9.17, 15) is 9.59 Å². The average Bonchev–Trinajstić information content (AvgIpc) is 3.20. The highest BCUT2D eigenvalue weighted by atomic mass is 16.2. The molecule has 5 nitrogen and oxygen atoms in total. The van der Waals surface area contributed by atoms with Crippen LogP contribution in [0.25, 0.3) is 0 Å². The van der Waals surface area contributed by atoms with Gasteiger partial charge in [0.05, 0.1) is 0 Å². The molecule has 4 rings (SSSR count). The lowest BCUT2D eigenvalue weighted by molar-refractivity contribution is 0.0989. The molecule has 0 saturated heterocycles. The molecule has 3 aromatic carbocycles. The molecule has 2 N–H and O–H groups in total. The van der Waals surface area contributed by atoms with Gasteiger partial charge in [-0.05, 0) is 48.2 Å². The number of anilines is 1. The molecule has 0 atom stereocenters. The highest BCUT2D eigenvalue weighted by molar-refractivity contribution is 6.07. The largest absolute Gasteiger partial charge is 0.334 e. The number of amides is 3. The molecule has 0 bridgehead atoms. The van der Waals surface area contributed by atoms with Crippen molar-refractivity contribution in [1.82, 2.24) is 10.6 Å². The van der Waals surface area contributed by atoms with Crippen molar-refractivity contribution in [2.75, 3.05) is 11.4 Å². The lowest BCUT2D eigenvalue weighted by Crippen LogP contribution is -2.34. The Hall–Kier alpha value is -3.60. The summed E-state index contributed by atoms with van der Waals surface area (Å²) in [7, 11) is 0. The smallest absolute Gasteiger partial charge is 0.315 e. The maximum atomic E-state index is 13.0. The Morgan fingerprint density at radius 2 is 1.57 bits per heavy atom. The third-order valence-corrected chi connectivity index (χ3v) is 5.34. The van der Waals surface area contributed by atoms with Gasteiger partial charge in [0.25, 0.3) is 5.91 Å². The minimum absolute atomic E-state index is 0.0134. The second-order valence-corrected chi connectivity index (χ2v) is 7.56. The quantitative estimate of drug-likeness (QED) is 0.676. The standard InChI is InChI=1S/C25H25N3O2/c1-18-7-10-22(11-8-18)24(29)28-14-13-21-12-9-20(15-23(21)28)17-27-25(30)26-16-19-5-3-2-4-6-19/h2-12,15H,13-14,16-17H2,1H3,(H2,26,27,30).